The third-order valence-corrected chi connectivity index (χ3v) is 1.86. The van der Waals surface area contributed by atoms with Crippen LogP contribution in [0.4, 0.5) is 0 Å². The molecule has 0 rings (SSSR count). The molecule has 0 aromatic carbocycles. The summed E-state index contributed by atoms with van der Waals surface area (Å²) >= 11 is 1.94. The van der Waals surface area contributed by atoms with Crippen LogP contribution in [0.1, 0.15) is 12.8 Å². The smallest absolute Gasteiger partial charge is 0.00330 e. The molecular formula is C7H13S. The summed E-state index contributed by atoms with van der Waals surface area (Å²) in [5, 5.41) is 0. The summed E-state index contributed by atoms with van der Waals surface area (Å²) in [6, 6.07) is 0. The van der Waals surface area contributed by atoms with Gasteiger partial charge in [-0.1, -0.05) is 13.0 Å². The minimum atomic E-state index is 1.04. The molecule has 0 nitrogen and oxygen atoms in total. The number of rotatable bonds is 5. The number of hydrogen-bond donors (Lipinski definition) is 0. The minimum absolute atomic E-state index is 1.04. The van der Waals surface area contributed by atoms with Gasteiger partial charge < -0.3 is 0 Å². The van der Waals surface area contributed by atoms with Gasteiger partial charge in [-0.2, -0.15) is 11.8 Å². The molecule has 0 heterocycles. The van der Waals surface area contributed by atoms with Crippen LogP contribution in [0, 0.1) is 6.92 Å². The Labute approximate surface area is 56.4 Å². The Hall–Kier alpha value is 0.0900. The van der Waals surface area contributed by atoms with E-state index in [2.05, 4.69) is 13.5 Å². The van der Waals surface area contributed by atoms with Gasteiger partial charge in [0.25, 0.3) is 0 Å². The van der Waals surface area contributed by atoms with Gasteiger partial charge >= 0.3 is 0 Å². The van der Waals surface area contributed by atoms with E-state index in [1.54, 1.807) is 0 Å². The largest absolute Gasteiger partial charge is 0.162 e. The third kappa shape index (κ3) is 6.09. The minimum Gasteiger partial charge on any atom is -0.162 e. The summed E-state index contributed by atoms with van der Waals surface area (Å²) in [5.41, 5.74) is 0. The highest BCUT2D eigenvalue weighted by molar-refractivity contribution is 7.99. The first-order chi connectivity index (χ1) is 3.91. The third-order valence-electron chi connectivity index (χ3n) is 0.755. The van der Waals surface area contributed by atoms with Crippen molar-refractivity contribution in [2.45, 2.75) is 12.8 Å². The van der Waals surface area contributed by atoms with Crippen LogP contribution in [-0.4, -0.2) is 11.5 Å². The zero-order chi connectivity index (χ0) is 6.24. The fraction of sp³-hybridized carbons (Fsp3) is 0.571. The monoisotopic (exact) mass is 129 g/mol. The van der Waals surface area contributed by atoms with Crippen LogP contribution in [0.2, 0.25) is 0 Å². The van der Waals surface area contributed by atoms with Crippen LogP contribution >= 0.6 is 11.8 Å². The molecule has 1 heteroatoms. The van der Waals surface area contributed by atoms with Crippen LogP contribution in [-0.2, 0) is 0 Å². The van der Waals surface area contributed by atoms with Crippen LogP contribution in [0.15, 0.2) is 12.7 Å². The van der Waals surface area contributed by atoms with Crippen molar-refractivity contribution in [1.29, 1.82) is 0 Å². The van der Waals surface area contributed by atoms with Crippen molar-refractivity contribution in [3.05, 3.63) is 19.6 Å². The molecule has 8 heavy (non-hydrogen) atoms. The lowest BCUT2D eigenvalue weighted by atomic mass is 10.5. The van der Waals surface area contributed by atoms with E-state index in [-0.39, 0.29) is 0 Å². The summed E-state index contributed by atoms with van der Waals surface area (Å²) in [5.74, 6) is 2.40. The average molecular weight is 129 g/mol. The van der Waals surface area contributed by atoms with Gasteiger partial charge in [0.15, 0.2) is 0 Å². The lowest BCUT2D eigenvalue weighted by Gasteiger charge is -1.92. The summed E-state index contributed by atoms with van der Waals surface area (Å²) < 4.78 is 0. The Balaban J connectivity index is 2.62. The Morgan fingerprint density at radius 1 is 1.38 bits per heavy atom. The summed E-state index contributed by atoms with van der Waals surface area (Å²) in [6.45, 7) is 7.37. The molecule has 0 saturated heterocycles. The summed E-state index contributed by atoms with van der Waals surface area (Å²) in [6.07, 6.45) is 4.13. The first-order valence-corrected chi connectivity index (χ1v) is 4.05. The highest BCUT2D eigenvalue weighted by Gasteiger charge is 1.81. The topological polar surface area (TPSA) is 0 Å². The normalized spacial score (nSPS) is 9.12. The van der Waals surface area contributed by atoms with Crippen molar-refractivity contribution in [2.75, 3.05) is 11.5 Å². The van der Waals surface area contributed by atoms with Gasteiger partial charge in [-0.15, -0.1) is 6.58 Å². The fourth-order valence-electron chi connectivity index (χ4n) is 0.371. The van der Waals surface area contributed by atoms with E-state index in [4.69, 9.17) is 0 Å². The maximum Gasteiger partial charge on any atom is -0.00330 e. The number of hydrogen-bond acceptors (Lipinski definition) is 1. The standard InChI is InChI=1S/C7H13S/c1-3-5-7-8-6-4-2/h3H,1-2,4-7H2. The summed E-state index contributed by atoms with van der Waals surface area (Å²) in [4.78, 5) is 0. The molecule has 0 spiro atoms. The maximum atomic E-state index is 3.74. The van der Waals surface area contributed by atoms with E-state index in [0.717, 1.165) is 12.8 Å². The van der Waals surface area contributed by atoms with Crippen molar-refractivity contribution < 1.29 is 0 Å². The van der Waals surface area contributed by atoms with E-state index in [1.165, 1.54) is 11.5 Å². The van der Waals surface area contributed by atoms with Crippen LogP contribution < -0.4 is 0 Å². The van der Waals surface area contributed by atoms with Crippen molar-refractivity contribution in [3.8, 4) is 0 Å². The molecule has 0 aliphatic carbocycles. The van der Waals surface area contributed by atoms with Gasteiger partial charge in [0.2, 0.25) is 0 Å². The Morgan fingerprint density at radius 3 is 2.62 bits per heavy atom. The highest BCUT2D eigenvalue weighted by Crippen LogP contribution is 2.02. The van der Waals surface area contributed by atoms with Gasteiger partial charge in [-0.25, -0.2) is 0 Å². The molecular weight excluding hydrogens is 116 g/mol. The highest BCUT2D eigenvalue weighted by atomic mass is 32.2. The van der Waals surface area contributed by atoms with E-state index < -0.39 is 0 Å². The first-order valence-electron chi connectivity index (χ1n) is 2.89. The van der Waals surface area contributed by atoms with Crippen molar-refractivity contribution in [3.63, 3.8) is 0 Å². The second-order valence-electron chi connectivity index (χ2n) is 1.54. The predicted octanol–water partition coefficient (Wildman–Crippen LogP) is 2.52. The molecule has 0 N–H and O–H groups in total. The van der Waals surface area contributed by atoms with Crippen molar-refractivity contribution in [1.82, 2.24) is 0 Å². The molecule has 0 aliphatic rings. The molecule has 0 aromatic rings. The first kappa shape index (κ1) is 8.09. The molecule has 47 valence electrons. The number of thioether (sulfide) groups is 1. The zero-order valence-corrected chi connectivity index (χ0v) is 6.04. The Morgan fingerprint density at radius 2 is 2.12 bits per heavy atom. The molecule has 0 unspecified atom stereocenters. The molecule has 0 atom stereocenters. The lowest BCUT2D eigenvalue weighted by Crippen LogP contribution is -1.77. The molecule has 0 aliphatic heterocycles. The van der Waals surface area contributed by atoms with E-state index in [9.17, 15) is 0 Å². The maximum absolute atomic E-state index is 3.74. The van der Waals surface area contributed by atoms with Crippen LogP contribution in [0.25, 0.3) is 0 Å². The van der Waals surface area contributed by atoms with Gasteiger partial charge in [-0.05, 0) is 24.3 Å². The van der Waals surface area contributed by atoms with Crippen LogP contribution in [0.5, 0.6) is 0 Å². The molecule has 0 amide bonds. The second-order valence-corrected chi connectivity index (χ2v) is 2.77. The second kappa shape index (κ2) is 7.09. The average Bonchev–Trinajstić information content (AvgIpc) is 1.81. The molecule has 1 radical (unpaired) electrons. The van der Waals surface area contributed by atoms with Gasteiger partial charge in [0.1, 0.15) is 0 Å². The molecule has 0 bridgehead atoms. The van der Waals surface area contributed by atoms with Crippen molar-refractivity contribution >= 4 is 11.8 Å². The zero-order valence-electron chi connectivity index (χ0n) is 5.23. The fourth-order valence-corrected chi connectivity index (χ4v) is 1.11. The van der Waals surface area contributed by atoms with Crippen molar-refractivity contribution in [2.24, 2.45) is 0 Å². The predicted molar refractivity (Wildman–Crippen MR) is 42.1 cm³/mol. The van der Waals surface area contributed by atoms with Gasteiger partial charge in [0, 0.05) is 0 Å². The quantitative estimate of drug-likeness (QED) is 0.406. The number of allylic oxidation sites excluding steroid dienone is 1. The van der Waals surface area contributed by atoms with Gasteiger partial charge in [-0.3, -0.25) is 0 Å². The van der Waals surface area contributed by atoms with E-state index in [1.807, 2.05) is 17.8 Å². The lowest BCUT2D eigenvalue weighted by molar-refractivity contribution is 1.21. The molecule has 0 saturated carbocycles. The van der Waals surface area contributed by atoms with Gasteiger partial charge in [0.05, 0.1) is 0 Å². The summed E-state index contributed by atoms with van der Waals surface area (Å²) in [7, 11) is 0. The SMILES string of the molecule is [CH2]CCSCCC=C. The van der Waals surface area contributed by atoms with E-state index in [0.29, 0.717) is 0 Å². The van der Waals surface area contributed by atoms with E-state index >= 15 is 0 Å². The Bertz CT molecular complexity index is 50.3. The molecule has 0 fully saturated rings. The van der Waals surface area contributed by atoms with Crippen LogP contribution in [0.3, 0.4) is 0 Å². The Kier molecular flexibility index (Phi) is 7.17. The molecule has 0 aromatic heterocycles.